The van der Waals surface area contributed by atoms with E-state index in [0.717, 1.165) is 11.1 Å². The molecular weight excluding hydrogens is 420 g/mol. The minimum absolute atomic E-state index is 0.0944. The number of nitrogens with zero attached hydrogens (tertiary/aromatic N) is 1. The summed E-state index contributed by atoms with van der Waals surface area (Å²) in [5.74, 6) is 0.442. The van der Waals surface area contributed by atoms with Gasteiger partial charge in [-0.3, -0.25) is 14.5 Å². The summed E-state index contributed by atoms with van der Waals surface area (Å²) in [6.45, 7) is 8.65. The molecule has 1 aliphatic rings. The number of benzene rings is 2. The van der Waals surface area contributed by atoms with Gasteiger partial charge in [0.25, 0.3) is 11.8 Å². The van der Waals surface area contributed by atoms with Crippen LogP contribution in [0.15, 0.2) is 42.1 Å². The quantitative estimate of drug-likeness (QED) is 0.427. The van der Waals surface area contributed by atoms with Gasteiger partial charge >= 0.3 is 0 Å². The molecule has 0 saturated carbocycles. The van der Waals surface area contributed by atoms with Gasteiger partial charge in [-0.15, -0.1) is 0 Å². The molecule has 2 aromatic rings. The van der Waals surface area contributed by atoms with Gasteiger partial charge in [0.15, 0.2) is 0 Å². The fourth-order valence-corrected chi connectivity index (χ4v) is 3.65. The molecule has 33 heavy (non-hydrogen) atoms. The Bertz CT molecular complexity index is 1070. The molecule has 0 unspecified atom stereocenters. The lowest BCUT2D eigenvalue weighted by molar-refractivity contribution is -0.137. The van der Waals surface area contributed by atoms with Crippen molar-refractivity contribution < 1.29 is 23.8 Å². The van der Waals surface area contributed by atoms with Gasteiger partial charge in [-0.25, -0.2) is 0 Å². The lowest BCUT2D eigenvalue weighted by atomic mass is 9.99. The van der Waals surface area contributed by atoms with Gasteiger partial charge < -0.3 is 19.5 Å². The van der Waals surface area contributed by atoms with Crippen LogP contribution < -0.4 is 14.8 Å². The first-order chi connectivity index (χ1) is 15.8. The molecule has 0 spiro atoms. The van der Waals surface area contributed by atoms with E-state index in [1.807, 2.05) is 45.9 Å². The Kier molecular flexibility index (Phi) is 7.76. The number of methoxy groups -OCH3 is 2. The highest BCUT2D eigenvalue weighted by Gasteiger charge is 2.39. The van der Waals surface area contributed by atoms with Gasteiger partial charge in [-0.05, 0) is 62.9 Å². The topological polar surface area (TPSA) is 77.1 Å². The molecule has 3 rings (SSSR count). The normalized spacial score (nSPS) is 13.8. The number of nitrogens with one attached hydrogen (secondary N) is 1. The Balaban J connectivity index is 2.01. The molecule has 0 fully saturated rings. The highest BCUT2D eigenvalue weighted by Crippen LogP contribution is 2.35. The Labute approximate surface area is 195 Å². The van der Waals surface area contributed by atoms with Crippen molar-refractivity contribution in [3.05, 3.63) is 58.8 Å². The molecule has 0 radical (unpaired) electrons. The summed E-state index contributed by atoms with van der Waals surface area (Å²) >= 11 is 0. The first-order valence-electron chi connectivity index (χ1n) is 11.1. The minimum Gasteiger partial charge on any atom is -0.497 e. The molecule has 176 valence electrons. The summed E-state index contributed by atoms with van der Waals surface area (Å²) in [4.78, 5) is 28.1. The Morgan fingerprint density at radius 1 is 0.939 bits per heavy atom. The summed E-state index contributed by atoms with van der Waals surface area (Å²) in [6.07, 6.45) is 0.656. The van der Waals surface area contributed by atoms with Crippen LogP contribution in [-0.4, -0.2) is 50.2 Å². The summed E-state index contributed by atoms with van der Waals surface area (Å²) in [7, 11) is 3.12. The van der Waals surface area contributed by atoms with Crippen LogP contribution in [0.3, 0.4) is 0 Å². The van der Waals surface area contributed by atoms with Gasteiger partial charge in [0.2, 0.25) is 0 Å². The Hall–Kier alpha value is -3.32. The number of imide groups is 1. The molecule has 7 heteroatoms. The lowest BCUT2D eigenvalue weighted by Crippen LogP contribution is -2.34. The number of hydrogen-bond donors (Lipinski definition) is 1. The van der Waals surface area contributed by atoms with Crippen LogP contribution in [0.1, 0.15) is 37.0 Å². The van der Waals surface area contributed by atoms with Crippen molar-refractivity contribution in [1.82, 2.24) is 4.90 Å². The number of ether oxygens (including phenoxy) is 3. The van der Waals surface area contributed by atoms with Crippen molar-refractivity contribution in [3.8, 4) is 11.5 Å². The van der Waals surface area contributed by atoms with E-state index in [1.54, 1.807) is 32.4 Å². The molecule has 0 aromatic heterocycles. The molecule has 0 atom stereocenters. The number of anilines is 1. The van der Waals surface area contributed by atoms with Crippen LogP contribution in [0.25, 0.3) is 5.57 Å². The van der Waals surface area contributed by atoms with Crippen molar-refractivity contribution in [1.29, 1.82) is 0 Å². The first-order valence-corrected chi connectivity index (χ1v) is 11.1. The van der Waals surface area contributed by atoms with Gasteiger partial charge in [0, 0.05) is 19.2 Å². The van der Waals surface area contributed by atoms with Gasteiger partial charge in [-0.1, -0.05) is 18.2 Å². The second-order valence-electron chi connectivity index (χ2n) is 8.28. The number of hydrogen-bond acceptors (Lipinski definition) is 6. The zero-order valence-corrected chi connectivity index (χ0v) is 20.2. The maximum Gasteiger partial charge on any atom is 0.278 e. The molecule has 2 aromatic carbocycles. The molecule has 0 saturated heterocycles. The van der Waals surface area contributed by atoms with E-state index < -0.39 is 0 Å². The highest BCUT2D eigenvalue weighted by molar-refractivity contribution is 6.36. The van der Waals surface area contributed by atoms with Crippen LogP contribution in [0.4, 0.5) is 5.69 Å². The van der Waals surface area contributed by atoms with E-state index in [0.29, 0.717) is 41.4 Å². The molecule has 0 bridgehead atoms. The van der Waals surface area contributed by atoms with Crippen molar-refractivity contribution in [3.63, 3.8) is 0 Å². The smallest absolute Gasteiger partial charge is 0.278 e. The van der Waals surface area contributed by atoms with Crippen LogP contribution in [0.2, 0.25) is 0 Å². The molecule has 2 amide bonds. The second kappa shape index (κ2) is 10.5. The maximum atomic E-state index is 13.4. The predicted molar refractivity (Wildman–Crippen MR) is 128 cm³/mol. The van der Waals surface area contributed by atoms with E-state index in [2.05, 4.69) is 5.32 Å². The van der Waals surface area contributed by atoms with Crippen molar-refractivity contribution in [2.24, 2.45) is 0 Å². The summed E-state index contributed by atoms with van der Waals surface area (Å²) in [6, 6.07) is 11.0. The van der Waals surface area contributed by atoms with Crippen molar-refractivity contribution in [2.45, 2.75) is 40.2 Å². The SMILES string of the molecule is COc1ccc(OC)c(NC2=C(c3ccc(C)c(C)c3)C(=O)N(CCCOC(C)C)C2=O)c1. The van der Waals surface area contributed by atoms with Crippen LogP contribution in [0.5, 0.6) is 11.5 Å². The van der Waals surface area contributed by atoms with Crippen LogP contribution in [-0.2, 0) is 14.3 Å². The van der Waals surface area contributed by atoms with Gasteiger partial charge in [0.1, 0.15) is 17.2 Å². The van der Waals surface area contributed by atoms with E-state index >= 15 is 0 Å². The number of carbonyl (C=O) groups excluding carboxylic acids is 2. The zero-order chi connectivity index (χ0) is 24.1. The lowest BCUT2D eigenvalue weighted by Gasteiger charge is -2.16. The molecule has 7 nitrogen and oxygen atoms in total. The third-order valence-corrected chi connectivity index (χ3v) is 5.61. The number of aryl methyl sites for hydroxylation is 2. The number of rotatable bonds is 10. The summed E-state index contributed by atoms with van der Waals surface area (Å²) in [5.41, 5.74) is 3.96. The Morgan fingerprint density at radius 2 is 1.70 bits per heavy atom. The van der Waals surface area contributed by atoms with Crippen LogP contribution in [0, 0.1) is 13.8 Å². The van der Waals surface area contributed by atoms with Crippen molar-refractivity contribution >= 4 is 23.1 Å². The Morgan fingerprint density at radius 3 is 2.33 bits per heavy atom. The van der Waals surface area contributed by atoms with Gasteiger partial charge in [-0.2, -0.15) is 0 Å². The third kappa shape index (κ3) is 5.37. The number of amides is 2. The van der Waals surface area contributed by atoms with E-state index in [1.165, 1.54) is 4.90 Å². The average Bonchev–Trinajstić information content (AvgIpc) is 3.02. The summed E-state index contributed by atoms with van der Waals surface area (Å²) in [5, 5.41) is 3.17. The molecule has 0 aliphatic carbocycles. The van der Waals surface area contributed by atoms with E-state index in [-0.39, 0.29) is 30.2 Å². The van der Waals surface area contributed by atoms with E-state index in [4.69, 9.17) is 14.2 Å². The first kappa shape index (κ1) is 24.3. The van der Waals surface area contributed by atoms with Crippen molar-refractivity contribution in [2.75, 3.05) is 32.7 Å². The fourth-order valence-electron chi connectivity index (χ4n) is 3.65. The van der Waals surface area contributed by atoms with Crippen LogP contribution >= 0.6 is 0 Å². The predicted octanol–water partition coefficient (Wildman–Crippen LogP) is 4.33. The summed E-state index contributed by atoms with van der Waals surface area (Å²) < 4.78 is 16.4. The molecular formula is C26H32N2O5. The fraction of sp³-hybridized carbons (Fsp3) is 0.385. The van der Waals surface area contributed by atoms with Gasteiger partial charge in [0.05, 0.1) is 31.6 Å². The largest absolute Gasteiger partial charge is 0.497 e. The highest BCUT2D eigenvalue weighted by atomic mass is 16.5. The van der Waals surface area contributed by atoms with E-state index in [9.17, 15) is 9.59 Å². The number of carbonyl (C=O) groups is 2. The average molecular weight is 453 g/mol. The maximum absolute atomic E-state index is 13.4. The third-order valence-electron chi connectivity index (χ3n) is 5.61. The minimum atomic E-state index is -0.373. The molecule has 1 heterocycles. The monoisotopic (exact) mass is 452 g/mol. The molecule has 1 N–H and O–H groups in total. The molecule has 1 aliphatic heterocycles. The zero-order valence-electron chi connectivity index (χ0n) is 20.2. The second-order valence-corrected chi connectivity index (χ2v) is 8.28. The standard InChI is InChI=1S/C26H32N2O5/c1-16(2)33-13-7-12-28-25(29)23(19-9-8-17(3)18(4)14-19)24(26(28)30)27-21-15-20(31-5)10-11-22(21)32-6/h8-11,14-16,27H,7,12-13H2,1-6H3.